The van der Waals surface area contributed by atoms with Gasteiger partial charge in [0.05, 0.1) is 11.4 Å². The average molecular weight is 671 g/mol. The van der Waals surface area contributed by atoms with E-state index in [-0.39, 0.29) is 23.0 Å². The number of hydrogen-bond donors (Lipinski definition) is 2. The van der Waals surface area contributed by atoms with E-state index in [1.54, 1.807) is 18.2 Å². The Labute approximate surface area is 295 Å². The topological polar surface area (TPSA) is 105 Å². The summed E-state index contributed by atoms with van der Waals surface area (Å²) in [6.45, 7) is 12.9. The lowest BCUT2D eigenvalue weighted by molar-refractivity contribution is -0.297. The van der Waals surface area contributed by atoms with Gasteiger partial charge in [0.2, 0.25) is 28.9 Å². The van der Waals surface area contributed by atoms with Gasteiger partial charge in [0.25, 0.3) is 0 Å². The second-order valence-electron chi connectivity index (χ2n) is 12.9. The Hall–Kier alpha value is -5.50. The fourth-order valence-electron chi connectivity index (χ4n) is 6.21. The zero-order valence-electron chi connectivity index (χ0n) is 29.9. The van der Waals surface area contributed by atoms with E-state index in [4.69, 9.17) is 0 Å². The van der Waals surface area contributed by atoms with Gasteiger partial charge in [-0.1, -0.05) is 73.9 Å². The van der Waals surface area contributed by atoms with Crippen molar-refractivity contribution in [3.63, 3.8) is 0 Å². The molecule has 2 amide bonds. The van der Waals surface area contributed by atoms with Gasteiger partial charge in [-0.15, -0.1) is 0 Å². The normalized spacial score (nSPS) is 15.4. The molecule has 0 atom stereocenters. The number of benzene rings is 3. The SMILES string of the molecule is CCCCN(CCCC)c1ccc(C2=C([O-])C(=C3C=CC(=[N+](c4ccc(C)cc4)c4ccc(C)cc4)C=C3NC(C)=O)C2=O)c(NC(C)=O)c1. The molecule has 2 N–H and O–H groups in total. The van der Waals surface area contributed by atoms with E-state index < -0.39 is 11.5 Å². The Morgan fingerprint density at radius 1 is 0.760 bits per heavy atom. The molecule has 258 valence electrons. The van der Waals surface area contributed by atoms with Gasteiger partial charge in [0, 0.05) is 91.3 Å². The van der Waals surface area contributed by atoms with Crippen LogP contribution in [0.3, 0.4) is 0 Å². The molecule has 0 radical (unpaired) electrons. The van der Waals surface area contributed by atoms with Gasteiger partial charge in [-0.05, 0) is 44.9 Å². The Morgan fingerprint density at radius 2 is 1.32 bits per heavy atom. The molecule has 0 aliphatic heterocycles. The van der Waals surface area contributed by atoms with Gasteiger partial charge in [-0.25, -0.2) is 0 Å². The Kier molecular flexibility index (Phi) is 11.3. The van der Waals surface area contributed by atoms with Crippen LogP contribution in [-0.2, 0) is 14.4 Å². The first-order valence-electron chi connectivity index (χ1n) is 17.4. The molecule has 0 bridgehead atoms. The largest absolute Gasteiger partial charge is 0.871 e. The molecule has 0 saturated carbocycles. The smallest absolute Gasteiger partial charge is 0.221 e. The fraction of sp³-hybridized carbons (Fsp3) is 0.286. The van der Waals surface area contributed by atoms with E-state index in [1.165, 1.54) is 13.8 Å². The van der Waals surface area contributed by atoms with Gasteiger partial charge in [0.15, 0.2) is 5.78 Å². The first-order chi connectivity index (χ1) is 24.0. The maximum atomic E-state index is 13.9. The highest BCUT2D eigenvalue weighted by Crippen LogP contribution is 2.42. The Morgan fingerprint density at radius 3 is 1.82 bits per heavy atom. The molecule has 0 heterocycles. The molecule has 2 aliphatic rings. The summed E-state index contributed by atoms with van der Waals surface area (Å²) in [7, 11) is 0. The van der Waals surface area contributed by atoms with E-state index in [9.17, 15) is 19.5 Å². The monoisotopic (exact) mass is 670 g/mol. The molecule has 0 spiro atoms. The fourth-order valence-corrected chi connectivity index (χ4v) is 6.21. The van der Waals surface area contributed by atoms with E-state index in [0.29, 0.717) is 22.5 Å². The van der Waals surface area contributed by atoms with Crippen LogP contribution in [0.2, 0.25) is 0 Å². The van der Waals surface area contributed by atoms with Gasteiger partial charge in [0.1, 0.15) is 0 Å². The predicted molar refractivity (Wildman–Crippen MR) is 202 cm³/mol. The molecular formula is C42H46N4O4. The summed E-state index contributed by atoms with van der Waals surface area (Å²) < 4.78 is 2.06. The number of nitrogens with zero attached hydrogens (tertiary/aromatic N) is 2. The number of carbonyl (C=O) groups is 3. The van der Waals surface area contributed by atoms with Crippen LogP contribution < -0.4 is 25.2 Å². The van der Waals surface area contributed by atoms with Crippen LogP contribution in [0.25, 0.3) is 5.57 Å². The molecule has 5 rings (SSSR count). The molecule has 0 saturated heterocycles. The molecular weight excluding hydrogens is 624 g/mol. The number of hydrogen-bond acceptors (Lipinski definition) is 5. The summed E-state index contributed by atoms with van der Waals surface area (Å²) in [5, 5.41) is 19.7. The maximum Gasteiger partial charge on any atom is 0.221 e. The molecule has 0 aromatic heterocycles. The summed E-state index contributed by atoms with van der Waals surface area (Å²) in [6, 6.07) is 21.8. The minimum Gasteiger partial charge on any atom is -0.871 e. The van der Waals surface area contributed by atoms with Crippen molar-refractivity contribution in [1.82, 2.24) is 9.89 Å². The number of allylic oxidation sites excluding steroid dienone is 5. The van der Waals surface area contributed by atoms with Crippen molar-refractivity contribution < 1.29 is 19.5 Å². The van der Waals surface area contributed by atoms with Gasteiger partial charge < -0.3 is 20.6 Å². The van der Waals surface area contributed by atoms with E-state index in [2.05, 4.69) is 34.0 Å². The number of aryl methyl sites for hydroxylation is 2. The number of anilines is 2. The summed E-state index contributed by atoms with van der Waals surface area (Å²) in [5.74, 6) is -1.49. The van der Waals surface area contributed by atoms with Gasteiger partial charge in [-0.3, -0.25) is 14.4 Å². The molecule has 0 unspecified atom stereocenters. The second kappa shape index (κ2) is 15.8. The van der Waals surface area contributed by atoms with Crippen molar-refractivity contribution in [2.75, 3.05) is 23.3 Å². The third kappa shape index (κ3) is 7.86. The highest BCUT2D eigenvalue weighted by atomic mass is 16.3. The van der Waals surface area contributed by atoms with Crippen molar-refractivity contribution in [2.45, 2.75) is 67.2 Å². The number of rotatable bonds is 12. The van der Waals surface area contributed by atoms with Crippen LogP contribution >= 0.6 is 0 Å². The third-order valence-corrected chi connectivity index (χ3v) is 8.85. The van der Waals surface area contributed by atoms with E-state index in [0.717, 1.165) is 72.7 Å². The quantitative estimate of drug-likeness (QED) is 0.157. The van der Waals surface area contributed by atoms with Crippen molar-refractivity contribution in [3.05, 3.63) is 124 Å². The van der Waals surface area contributed by atoms with E-state index >= 15 is 0 Å². The molecule has 8 heteroatoms. The third-order valence-electron chi connectivity index (χ3n) is 8.85. The lowest BCUT2D eigenvalue weighted by atomic mass is 9.78. The number of carbonyl (C=O) groups excluding carboxylic acids is 3. The molecule has 2 aliphatic carbocycles. The van der Waals surface area contributed by atoms with Crippen molar-refractivity contribution in [2.24, 2.45) is 0 Å². The molecule has 8 nitrogen and oxygen atoms in total. The zero-order chi connectivity index (χ0) is 35.9. The number of Topliss-reactive ketones (excluding diaryl/α,β-unsaturated/α-hetero) is 1. The lowest BCUT2D eigenvalue weighted by Crippen LogP contribution is -2.34. The number of nitrogens with one attached hydrogen (secondary N) is 2. The number of amides is 2. The van der Waals surface area contributed by atoms with Crippen molar-refractivity contribution >= 4 is 51.6 Å². The minimum atomic E-state index is -0.434. The molecule has 3 aromatic rings. The number of ketones is 1. The predicted octanol–water partition coefficient (Wildman–Crippen LogP) is 7.18. The van der Waals surface area contributed by atoms with Gasteiger partial charge >= 0.3 is 0 Å². The highest BCUT2D eigenvalue weighted by Gasteiger charge is 2.35. The highest BCUT2D eigenvalue weighted by molar-refractivity contribution is 6.40. The van der Waals surface area contributed by atoms with Crippen LogP contribution in [0, 0.1) is 13.8 Å². The number of unbranched alkanes of at least 4 members (excludes halogenated alkanes) is 2. The first-order valence-corrected chi connectivity index (χ1v) is 17.4. The van der Waals surface area contributed by atoms with Crippen LogP contribution in [0.5, 0.6) is 0 Å². The second-order valence-corrected chi connectivity index (χ2v) is 12.9. The van der Waals surface area contributed by atoms with E-state index in [1.807, 2.05) is 80.6 Å². The molecule has 0 fully saturated rings. The summed E-state index contributed by atoms with van der Waals surface area (Å²) in [5.41, 5.74) is 7.28. The van der Waals surface area contributed by atoms with Crippen LogP contribution in [-0.4, -0.2) is 36.4 Å². The molecule has 3 aromatic carbocycles. The Balaban J connectivity index is 1.62. The van der Waals surface area contributed by atoms with Crippen molar-refractivity contribution in [3.8, 4) is 0 Å². The molecule has 50 heavy (non-hydrogen) atoms. The average Bonchev–Trinajstić information content (AvgIpc) is 3.08. The summed E-state index contributed by atoms with van der Waals surface area (Å²) in [6.07, 6.45) is 9.51. The lowest BCUT2D eigenvalue weighted by Gasteiger charge is -2.34. The summed E-state index contributed by atoms with van der Waals surface area (Å²) >= 11 is 0. The van der Waals surface area contributed by atoms with Gasteiger partial charge in [-0.2, -0.15) is 4.58 Å². The first kappa shape index (κ1) is 35.8. The minimum absolute atomic E-state index is 0.00195. The van der Waals surface area contributed by atoms with Crippen LogP contribution in [0.15, 0.2) is 108 Å². The summed E-state index contributed by atoms with van der Waals surface area (Å²) in [4.78, 5) is 41.0. The van der Waals surface area contributed by atoms with Crippen molar-refractivity contribution in [1.29, 1.82) is 0 Å². The zero-order valence-corrected chi connectivity index (χ0v) is 29.9. The maximum absolute atomic E-state index is 13.9. The van der Waals surface area contributed by atoms with Crippen LogP contribution in [0.1, 0.15) is 70.1 Å². The van der Waals surface area contributed by atoms with Crippen LogP contribution in [0.4, 0.5) is 22.7 Å². The standard InChI is InChI=1S/C42H46N4O4/c1-7-9-23-45(24-10-8-2)33-19-21-35(37(25-33)43-29(5)47)39-41(49)40(42(39)50)36-22-20-34(26-38(36)44-30(6)48)46(31-15-11-27(3)12-16-31)32-17-13-28(4)14-18-32/h11-22,25-26H,7-10,23-24H2,1-6H3,(H2,43,44,47,48,49,50). The Bertz CT molecular complexity index is 1910.